The zero-order valence-corrected chi connectivity index (χ0v) is 13.5. The van der Waals surface area contributed by atoms with E-state index in [1.165, 1.54) is 12.1 Å². The van der Waals surface area contributed by atoms with Gasteiger partial charge in [0.1, 0.15) is 4.92 Å². The summed E-state index contributed by atoms with van der Waals surface area (Å²) >= 11 is 0. The third-order valence-corrected chi connectivity index (χ3v) is 2.66. The highest BCUT2D eigenvalue weighted by Crippen LogP contribution is 2.13. The molecule has 0 fully saturated rings. The predicted molar refractivity (Wildman–Crippen MR) is 88.6 cm³/mol. The van der Waals surface area contributed by atoms with E-state index in [0.29, 0.717) is 13.1 Å². The smallest absolute Gasteiger partial charge is 0.400 e. The maximum atomic E-state index is 12.1. The van der Waals surface area contributed by atoms with Crippen molar-refractivity contribution in [3.05, 3.63) is 33.8 Å². The van der Waals surface area contributed by atoms with Crippen LogP contribution in [0.4, 0.5) is 17.8 Å². The first-order chi connectivity index (χ1) is 12.0. The first kappa shape index (κ1) is 17.8. The monoisotopic (exact) mass is 348 g/mol. The van der Waals surface area contributed by atoms with Crippen molar-refractivity contribution in [2.75, 3.05) is 23.7 Å². The standard InChI is InChI=1S/C13H16N8O4/c1-3-14-12-17-10(18-13(19-12)15-4-2)11(22)20-16-7-8-5-6-9(25-8)21(23)24/h5-7H,3-4H2,1-2H3,(H,20,22)(H2,14,15,17,18,19). The fourth-order valence-electron chi connectivity index (χ4n) is 1.67. The molecule has 0 unspecified atom stereocenters. The fraction of sp³-hybridized carbons (Fsp3) is 0.308. The van der Waals surface area contributed by atoms with E-state index in [4.69, 9.17) is 4.42 Å². The number of hydrazone groups is 1. The molecule has 0 aromatic carbocycles. The van der Waals surface area contributed by atoms with Crippen LogP contribution in [0.3, 0.4) is 0 Å². The lowest BCUT2D eigenvalue weighted by Gasteiger charge is -2.07. The minimum atomic E-state index is -0.675. The van der Waals surface area contributed by atoms with Crippen LogP contribution in [-0.4, -0.2) is 45.1 Å². The van der Waals surface area contributed by atoms with Crippen molar-refractivity contribution < 1.29 is 14.1 Å². The average molecular weight is 348 g/mol. The van der Waals surface area contributed by atoms with E-state index in [2.05, 4.69) is 36.1 Å². The molecule has 3 N–H and O–H groups in total. The van der Waals surface area contributed by atoms with Gasteiger partial charge in [0, 0.05) is 13.1 Å². The minimum Gasteiger partial charge on any atom is -0.400 e. The van der Waals surface area contributed by atoms with Gasteiger partial charge in [-0.05, 0) is 19.9 Å². The van der Waals surface area contributed by atoms with Crippen molar-refractivity contribution in [1.82, 2.24) is 20.4 Å². The number of carbonyl (C=O) groups is 1. The summed E-state index contributed by atoms with van der Waals surface area (Å²) < 4.78 is 4.87. The molecule has 12 nitrogen and oxygen atoms in total. The van der Waals surface area contributed by atoms with Crippen molar-refractivity contribution >= 4 is 29.9 Å². The van der Waals surface area contributed by atoms with Crippen LogP contribution in [0.25, 0.3) is 0 Å². The molecule has 0 aliphatic rings. The molecule has 0 radical (unpaired) electrons. The molecule has 2 heterocycles. The van der Waals surface area contributed by atoms with E-state index in [0.717, 1.165) is 6.21 Å². The van der Waals surface area contributed by atoms with Crippen molar-refractivity contribution in [1.29, 1.82) is 0 Å². The Bertz CT molecular complexity index is 764. The van der Waals surface area contributed by atoms with Crippen LogP contribution in [0.2, 0.25) is 0 Å². The number of amides is 1. The van der Waals surface area contributed by atoms with Crippen LogP contribution in [0.5, 0.6) is 0 Å². The summed E-state index contributed by atoms with van der Waals surface area (Å²) in [4.78, 5) is 34.0. The van der Waals surface area contributed by atoms with E-state index in [-0.39, 0.29) is 23.5 Å². The highest BCUT2D eigenvalue weighted by molar-refractivity contribution is 5.91. The number of nitrogens with zero attached hydrogens (tertiary/aromatic N) is 5. The number of furan rings is 1. The molecule has 0 aliphatic heterocycles. The molecule has 0 aliphatic carbocycles. The SMILES string of the molecule is CCNc1nc(NCC)nc(C(=O)NN=Cc2ccc([N+](=O)[O-])o2)n1. The van der Waals surface area contributed by atoms with Gasteiger partial charge in [0.25, 0.3) is 0 Å². The summed E-state index contributed by atoms with van der Waals surface area (Å²) in [6.07, 6.45) is 1.13. The number of hydrogen-bond donors (Lipinski definition) is 3. The van der Waals surface area contributed by atoms with Crippen molar-refractivity contribution in [2.24, 2.45) is 5.10 Å². The van der Waals surface area contributed by atoms with Gasteiger partial charge in [-0.25, -0.2) is 5.43 Å². The Balaban J connectivity index is 2.08. The molecule has 132 valence electrons. The Morgan fingerprint density at radius 2 is 1.88 bits per heavy atom. The van der Waals surface area contributed by atoms with Gasteiger partial charge in [0.2, 0.25) is 17.7 Å². The zero-order chi connectivity index (χ0) is 18.2. The van der Waals surface area contributed by atoms with Gasteiger partial charge < -0.3 is 15.1 Å². The van der Waals surface area contributed by atoms with Crippen LogP contribution in [0.15, 0.2) is 21.7 Å². The predicted octanol–water partition coefficient (Wildman–Crippen LogP) is 1.00. The van der Waals surface area contributed by atoms with Gasteiger partial charge in [-0.1, -0.05) is 0 Å². The van der Waals surface area contributed by atoms with E-state index >= 15 is 0 Å². The first-order valence-electron chi connectivity index (χ1n) is 7.35. The molecule has 0 saturated heterocycles. The number of carbonyl (C=O) groups excluding carboxylic acids is 1. The summed E-state index contributed by atoms with van der Waals surface area (Å²) in [5.74, 6) is -0.601. The van der Waals surface area contributed by atoms with Crippen LogP contribution in [0.1, 0.15) is 30.2 Å². The van der Waals surface area contributed by atoms with Crippen molar-refractivity contribution in [3.8, 4) is 0 Å². The van der Waals surface area contributed by atoms with E-state index < -0.39 is 16.7 Å². The third kappa shape index (κ3) is 4.95. The largest absolute Gasteiger partial charge is 0.433 e. The number of anilines is 2. The van der Waals surface area contributed by atoms with Gasteiger partial charge >= 0.3 is 11.8 Å². The Kier molecular flexibility index (Phi) is 5.92. The van der Waals surface area contributed by atoms with Crippen molar-refractivity contribution in [3.63, 3.8) is 0 Å². The molecule has 2 aromatic rings. The minimum absolute atomic E-state index is 0.115. The maximum absolute atomic E-state index is 12.1. The summed E-state index contributed by atoms with van der Waals surface area (Å²) in [6, 6.07) is 2.53. The Hall–Kier alpha value is -3.57. The van der Waals surface area contributed by atoms with Crippen LogP contribution >= 0.6 is 0 Å². The molecule has 25 heavy (non-hydrogen) atoms. The molecule has 2 rings (SSSR count). The number of nitro groups is 1. The normalized spacial score (nSPS) is 10.6. The van der Waals surface area contributed by atoms with Gasteiger partial charge in [0.15, 0.2) is 5.76 Å². The van der Waals surface area contributed by atoms with E-state index in [1.807, 2.05) is 13.8 Å². The Morgan fingerprint density at radius 3 is 2.40 bits per heavy atom. The second kappa shape index (κ2) is 8.33. The van der Waals surface area contributed by atoms with Crippen LogP contribution < -0.4 is 16.1 Å². The molecule has 2 aromatic heterocycles. The quantitative estimate of drug-likeness (QED) is 0.359. The molecule has 0 atom stereocenters. The average Bonchev–Trinajstić information content (AvgIpc) is 3.04. The Morgan fingerprint density at radius 1 is 1.24 bits per heavy atom. The van der Waals surface area contributed by atoms with E-state index in [9.17, 15) is 14.9 Å². The summed E-state index contributed by atoms with van der Waals surface area (Å²) in [7, 11) is 0. The molecule has 1 amide bonds. The topological polar surface area (TPSA) is 160 Å². The first-order valence-corrected chi connectivity index (χ1v) is 7.35. The number of rotatable bonds is 8. The fourth-order valence-corrected chi connectivity index (χ4v) is 1.67. The molecular formula is C13H16N8O4. The van der Waals surface area contributed by atoms with Gasteiger partial charge in [0.05, 0.1) is 12.3 Å². The molecule has 0 bridgehead atoms. The van der Waals surface area contributed by atoms with Gasteiger partial charge in [-0.15, -0.1) is 0 Å². The third-order valence-electron chi connectivity index (χ3n) is 2.66. The van der Waals surface area contributed by atoms with Crippen molar-refractivity contribution in [2.45, 2.75) is 13.8 Å². The number of nitrogens with one attached hydrogen (secondary N) is 3. The summed E-state index contributed by atoms with van der Waals surface area (Å²) in [6.45, 7) is 4.88. The molecule has 0 saturated carbocycles. The molecule has 12 heteroatoms. The lowest BCUT2D eigenvalue weighted by molar-refractivity contribution is -0.402. The lowest BCUT2D eigenvalue weighted by atomic mass is 10.5. The van der Waals surface area contributed by atoms with Crippen LogP contribution in [0, 0.1) is 10.1 Å². The zero-order valence-electron chi connectivity index (χ0n) is 13.5. The summed E-state index contributed by atoms with van der Waals surface area (Å²) in [5.41, 5.74) is 2.22. The Labute approximate surface area is 141 Å². The van der Waals surface area contributed by atoms with Gasteiger partial charge in [-0.3, -0.25) is 14.9 Å². The van der Waals surface area contributed by atoms with E-state index in [1.54, 1.807) is 0 Å². The second-order valence-corrected chi connectivity index (χ2v) is 4.50. The highest BCUT2D eigenvalue weighted by Gasteiger charge is 2.13. The second-order valence-electron chi connectivity index (χ2n) is 4.50. The molecule has 0 spiro atoms. The summed E-state index contributed by atoms with van der Waals surface area (Å²) in [5, 5.41) is 20.0. The lowest BCUT2D eigenvalue weighted by Crippen LogP contribution is -2.22. The van der Waals surface area contributed by atoms with Crippen LogP contribution in [-0.2, 0) is 0 Å². The van der Waals surface area contributed by atoms with Gasteiger partial charge in [-0.2, -0.15) is 20.1 Å². The highest BCUT2D eigenvalue weighted by atomic mass is 16.6. The number of aromatic nitrogens is 3. The molecular weight excluding hydrogens is 332 g/mol. The maximum Gasteiger partial charge on any atom is 0.433 e. The number of hydrogen-bond acceptors (Lipinski definition) is 10.